The second-order valence-electron chi connectivity index (χ2n) is 9.04. The van der Waals surface area contributed by atoms with Gasteiger partial charge in [-0.15, -0.1) is 0 Å². The molecule has 0 atom stereocenters. The maximum Gasteiger partial charge on any atom is 0.410 e. The number of carbonyl (C=O) groups excluding carboxylic acids is 1. The number of aromatic hydroxyl groups is 1. The van der Waals surface area contributed by atoms with Gasteiger partial charge in [0, 0.05) is 45.0 Å². The average Bonchev–Trinajstić information content (AvgIpc) is 2.66. The lowest BCUT2D eigenvalue weighted by Gasteiger charge is -2.37. The summed E-state index contributed by atoms with van der Waals surface area (Å²) in [7, 11) is 0. The molecule has 1 amide bonds. The summed E-state index contributed by atoms with van der Waals surface area (Å²) in [5, 5.41) is 9.43. The quantitative estimate of drug-likeness (QED) is 0.853. The summed E-state index contributed by atoms with van der Waals surface area (Å²) in [4.78, 5) is 19.0. The summed E-state index contributed by atoms with van der Waals surface area (Å²) >= 11 is 0. The summed E-state index contributed by atoms with van der Waals surface area (Å²) in [5.41, 5.74) is 0.767. The van der Waals surface area contributed by atoms with Gasteiger partial charge in [-0.2, -0.15) is 0 Å². The monoisotopic (exact) mass is 389 g/mol. The van der Waals surface area contributed by atoms with E-state index >= 15 is 0 Å². The van der Waals surface area contributed by atoms with Crippen LogP contribution in [0.3, 0.4) is 0 Å². The smallest absolute Gasteiger partial charge is 0.410 e. The number of rotatable bonds is 4. The van der Waals surface area contributed by atoms with Crippen molar-refractivity contribution in [2.75, 3.05) is 50.7 Å². The molecule has 0 aliphatic carbocycles. The van der Waals surface area contributed by atoms with Crippen LogP contribution in [-0.2, 0) is 4.74 Å². The van der Waals surface area contributed by atoms with Crippen molar-refractivity contribution in [2.45, 2.75) is 45.6 Å². The molecule has 6 nitrogen and oxygen atoms in total. The molecule has 0 bridgehead atoms. The van der Waals surface area contributed by atoms with E-state index in [9.17, 15) is 9.90 Å². The Bertz CT molecular complexity index is 625. The van der Waals surface area contributed by atoms with E-state index in [4.69, 9.17) is 4.74 Å². The minimum absolute atomic E-state index is 0.170. The Morgan fingerprint density at radius 3 is 2.21 bits per heavy atom. The van der Waals surface area contributed by atoms with E-state index in [2.05, 4.69) is 9.80 Å². The number of amides is 1. The van der Waals surface area contributed by atoms with E-state index < -0.39 is 5.60 Å². The van der Waals surface area contributed by atoms with Crippen molar-refractivity contribution >= 4 is 11.8 Å². The van der Waals surface area contributed by atoms with Crippen molar-refractivity contribution < 1.29 is 14.6 Å². The van der Waals surface area contributed by atoms with E-state index in [0.29, 0.717) is 11.7 Å². The number of carbonyl (C=O) groups is 1. The predicted octanol–water partition coefficient (Wildman–Crippen LogP) is 3.55. The third-order valence-electron chi connectivity index (χ3n) is 5.71. The second kappa shape index (κ2) is 9.03. The van der Waals surface area contributed by atoms with Crippen LogP contribution in [-0.4, -0.2) is 72.4 Å². The van der Waals surface area contributed by atoms with Crippen LogP contribution in [0.25, 0.3) is 0 Å². The van der Waals surface area contributed by atoms with Gasteiger partial charge in [0.1, 0.15) is 11.4 Å². The molecule has 6 heteroatoms. The van der Waals surface area contributed by atoms with Crippen LogP contribution in [0.5, 0.6) is 5.75 Å². The maximum atomic E-state index is 12.2. The highest BCUT2D eigenvalue weighted by atomic mass is 16.6. The molecule has 0 spiro atoms. The van der Waals surface area contributed by atoms with Gasteiger partial charge in [0.25, 0.3) is 0 Å². The lowest BCUT2D eigenvalue weighted by Crippen LogP contribution is -2.47. The van der Waals surface area contributed by atoms with Crippen LogP contribution < -0.4 is 4.90 Å². The number of piperazine rings is 1. The molecule has 2 aliphatic rings. The van der Waals surface area contributed by atoms with Crippen LogP contribution in [0.2, 0.25) is 0 Å². The fraction of sp³-hybridized carbons (Fsp3) is 0.682. The Morgan fingerprint density at radius 1 is 1.04 bits per heavy atom. The van der Waals surface area contributed by atoms with Crippen molar-refractivity contribution in [2.24, 2.45) is 5.92 Å². The largest absolute Gasteiger partial charge is 0.508 e. The van der Waals surface area contributed by atoms with Gasteiger partial charge < -0.3 is 19.6 Å². The molecule has 0 saturated carbocycles. The number of piperidine rings is 1. The number of hydrogen-bond acceptors (Lipinski definition) is 5. The second-order valence-corrected chi connectivity index (χ2v) is 9.04. The van der Waals surface area contributed by atoms with Crippen LogP contribution >= 0.6 is 0 Å². The van der Waals surface area contributed by atoms with Crippen LogP contribution in [0.1, 0.15) is 40.0 Å². The predicted molar refractivity (Wildman–Crippen MR) is 112 cm³/mol. The van der Waals surface area contributed by atoms with Gasteiger partial charge >= 0.3 is 6.09 Å². The first-order valence-electron chi connectivity index (χ1n) is 10.5. The zero-order chi connectivity index (χ0) is 20.1. The standard InChI is InChI=1S/C22H35N3O3/c1-22(2,3)28-21(27)25-12-9-18(10-13-25)8-11-23-14-16-24(17-15-23)19-4-6-20(26)7-5-19/h4-7,18,26H,8-17H2,1-3H3. The Hall–Kier alpha value is -1.95. The molecule has 0 radical (unpaired) electrons. The van der Waals surface area contributed by atoms with Gasteiger partial charge in [0.05, 0.1) is 0 Å². The van der Waals surface area contributed by atoms with Gasteiger partial charge in [-0.25, -0.2) is 4.79 Å². The summed E-state index contributed by atoms with van der Waals surface area (Å²) < 4.78 is 5.48. The molecule has 2 saturated heterocycles. The third-order valence-corrected chi connectivity index (χ3v) is 5.71. The highest BCUT2D eigenvalue weighted by Crippen LogP contribution is 2.24. The molecule has 1 aromatic rings. The molecule has 3 rings (SSSR count). The van der Waals surface area contributed by atoms with Crippen LogP contribution in [0.15, 0.2) is 24.3 Å². The third kappa shape index (κ3) is 6.03. The average molecular weight is 390 g/mol. The summed E-state index contributed by atoms with van der Waals surface area (Å²) in [6.45, 7) is 12.7. The normalized spacial score (nSPS) is 19.7. The molecule has 156 valence electrons. The number of anilines is 1. The molecule has 28 heavy (non-hydrogen) atoms. The molecule has 1 aromatic carbocycles. The molecule has 0 aromatic heterocycles. The number of nitrogens with zero attached hydrogens (tertiary/aromatic N) is 3. The van der Waals surface area contributed by atoms with Crippen LogP contribution in [0.4, 0.5) is 10.5 Å². The number of phenolic OH excluding ortho intramolecular Hbond substituents is 1. The minimum Gasteiger partial charge on any atom is -0.508 e. The van der Waals surface area contributed by atoms with Gasteiger partial charge in [0.2, 0.25) is 0 Å². The van der Waals surface area contributed by atoms with Crippen molar-refractivity contribution in [3.8, 4) is 5.75 Å². The van der Waals surface area contributed by atoms with Gasteiger partial charge in [-0.1, -0.05) is 0 Å². The zero-order valence-corrected chi connectivity index (χ0v) is 17.6. The SMILES string of the molecule is CC(C)(C)OC(=O)N1CCC(CCN2CCN(c3ccc(O)cc3)CC2)CC1. The number of likely N-dealkylation sites (tertiary alicyclic amines) is 1. The Balaban J connectivity index is 1.34. The van der Waals surface area contributed by atoms with E-state index in [1.807, 2.05) is 37.8 Å². The lowest BCUT2D eigenvalue weighted by molar-refractivity contribution is 0.0177. The first kappa shape index (κ1) is 20.8. The highest BCUT2D eigenvalue weighted by Gasteiger charge is 2.27. The fourth-order valence-electron chi connectivity index (χ4n) is 3.99. The van der Waals surface area contributed by atoms with E-state index in [0.717, 1.165) is 58.7 Å². The summed E-state index contributed by atoms with van der Waals surface area (Å²) in [6.07, 6.45) is 3.19. The lowest BCUT2D eigenvalue weighted by atomic mass is 9.93. The molecule has 2 fully saturated rings. The molecular formula is C22H35N3O3. The van der Waals surface area contributed by atoms with Gasteiger partial charge in [-0.05, 0) is 76.8 Å². The van der Waals surface area contributed by atoms with Crippen molar-refractivity contribution in [1.29, 1.82) is 0 Å². The molecule has 2 aliphatic heterocycles. The maximum absolute atomic E-state index is 12.2. The Labute approximate surface area is 169 Å². The first-order valence-corrected chi connectivity index (χ1v) is 10.5. The Kier molecular flexibility index (Phi) is 6.70. The topological polar surface area (TPSA) is 56.2 Å². The van der Waals surface area contributed by atoms with E-state index in [1.54, 1.807) is 12.1 Å². The van der Waals surface area contributed by atoms with Crippen molar-refractivity contribution in [3.05, 3.63) is 24.3 Å². The number of hydrogen-bond donors (Lipinski definition) is 1. The molecule has 1 N–H and O–H groups in total. The van der Waals surface area contributed by atoms with Gasteiger partial charge in [0.15, 0.2) is 0 Å². The molecular weight excluding hydrogens is 354 g/mol. The first-order chi connectivity index (χ1) is 13.3. The van der Waals surface area contributed by atoms with Gasteiger partial charge in [-0.3, -0.25) is 4.90 Å². The van der Waals surface area contributed by atoms with E-state index in [-0.39, 0.29) is 6.09 Å². The molecule has 2 heterocycles. The summed E-state index contributed by atoms with van der Waals surface area (Å²) in [5.74, 6) is 1.02. The number of ether oxygens (including phenoxy) is 1. The number of phenols is 1. The fourth-order valence-corrected chi connectivity index (χ4v) is 3.99. The zero-order valence-electron chi connectivity index (χ0n) is 17.6. The highest BCUT2D eigenvalue weighted by molar-refractivity contribution is 5.68. The number of benzene rings is 1. The van der Waals surface area contributed by atoms with Crippen LogP contribution in [0, 0.1) is 5.92 Å². The Morgan fingerprint density at radius 2 is 1.64 bits per heavy atom. The molecule has 0 unspecified atom stereocenters. The van der Waals surface area contributed by atoms with E-state index in [1.165, 1.54) is 12.1 Å². The summed E-state index contributed by atoms with van der Waals surface area (Å²) in [6, 6.07) is 7.49. The van der Waals surface area contributed by atoms with Crippen molar-refractivity contribution in [3.63, 3.8) is 0 Å². The van der Waals surface area contributed by atoms with Crippen molar-refractivity contribution in [1.82, 2.24) is 9.80 Å². The minimum atomic E-state index is -0.420.